The number of primary amides is 2. The minimum atomic E-state index is -1.87. The highest BCUT2D eigenvalue weighted by Gasteiger charge is 2.43. The van der Waals surface area contributed by atoms with Gasteiger partial charge in [-0.1, -0.05) is 12.1 Å². The lowest BCUT2D eigenvalue weighted by Crippen LogP contribution is -2.61. The molecule has 2 fully saturated rings. The number of benzene rings is 1. The number of phenols is 1. The molecule has 20 amide bonds. The van der Waals surface area contributed by atoms with Crippen molar-refractivity contribution in [1.82, 2.24) is 94.9 Å². The second kappa shape index (κ2) is 52.0. The van der Waals surface area contributed by atoms with Gasteiger partial charge < -0.3 is 138 Å². The summed E-state index contributed by atoms with van der Waals surface area (Å²) in [6, 6.07) is -18.2. The van der Waals surface area contributed by atoms with E-state index in [1.807, 2.05) is 5.32 Å². The van der Waals surface area contributed by atoms with E-state index in [2.05, 4.69) is 156 Å². The second-order valence-electron chi connectivity index (χ2n) is 26.6. The standard InChI is InChI=1S/C66H101N21O26S6/c1-28(73-62(108)44-6-4-12-87(44)65(111)34(15-46(69)93)78-59(105)40(25-117)84-61(107)42(27-119)83-58(104)39(24-116)74-47(94)16-67)52(98)81-38(23-115)55(101)72-19-50(97)86-11-3-5-43(86)63(109)77-33(14-45(68)92)56(102)76-32(13-30-7-9-31(91)10-8-30)53(99)70-17-48(95)75-37(22-114)54(100)71-18-49(96)85-51(29(2)90)64(110)79-35(20-88)57(103)82-41(26-118)60(106)80-36(21-89)66(112)113/h7-10,28-29,32-44,51,88-91,114-119H,3-6,11-27,67H2,1-2H3,(H2,68,92)(H2,69,93)(H,70,99)(H,71,100)(H,72,101)(H,73,108)(H,74,94)(H,75,95)(H,76,102)(H,77,109)(H,78,105)(H,79,110)(H,80,106)(H,81,98)(H,82,103)(H,83,104)(H,84,107)(H,85,96)(H,112,113)/t28-,29+,32-,33-,34-,35-,36-,37-,38-,39-,40-,41-,42-,43-,44-,51-/m0/s1. The van der Waals surface area contributed by atoms with Crippen LogP contribution in [0.1, 0.15) is 57.9 Å². The predicted molar refractivity (Wildman–Crippen MR) is 434 cm³/mol. The number of nitrogens with one attached hydrogen (secondary N) is 16. The Morgan fingerprint density at radius 3 is 1.24 bits per heavy atom. The summed E-state index contributed by atoms with van der Waals surface area (Å²) in [6.07, 6.45) is -3.33. The molecule has 2 aliphatic rings. The van der Waals surface area contributed by atoms with Gasteiger partial charge in [-0.25, -0.2) is 4.79 Å². The number of phenolic OH excluding ortho intramolecular Hbond substituents is 1. The summed E-state index contributed by atoms with van der Waals surface area (Å²) in [5, 5.41) is 84.9. The smallest absolute Gasteiger partial charge is 0.328 e. The maximum absolute atomic E-state index is 14.1. The van der Waals surface area contributed by atoms with Crippen LogP contribution in [0.15, 0.2) is 24.3 Å². The van der Waals surface area contributed by atoms with E-state index in [0.717, 1.165) is 16.7 Å². The van der Waals surface area contributed by atoms with Crippen LogP contribution in [0.5, 0.6) is 5.75 Å². The lowest BCUT2D eigenvalue weighted by Gasteiger charge is -2.30. The Bertz CT molecular complexity index is 3840. The number of thiol groups is 6. The molecule has 119 heavy (non-hydrogen) atoms. The first kappa shape index (κ1) is 103. The summed E-state index contributed by atoms with van der Waals surface area (Å²) in [5.41, 5.74) is 16.6. The molecular formula is C66H101N21O26S6. The van der Waals surface area contributed by atoms with Gasteiger partial charge in [0.2, 0.25) is 118 Å². The van der Waals surface area contributed by atoms with Crippen molar-refractivity contribution in [3.8, 4) is 5.75 Å². The Kier molecular flexibility index (Phi) is 45.0. The summed E-state index contributed by atoms with van der Waals surface area (Å²) in [4.78, 5) is 279. The number of carbonyl (C=O) groups excluding carboxylic acids is 20. The van der Waals surface area contributed by atoms with Crippen LogP contribution in [0.2, 0.25) is 0 Å². The van der Waals surface area contributed by atoms with Crippen LogP contribution in [0.25, 0.3) is 0 Å². The van der Waals surface area contributed by atoms with Crippen molar-refractivity contribution in [3.63, 3.8) is 0 Å². The molecule has 2 saturated heterocycles. The zero-order valence-electron chi connectivity index (χ0n) is 64.0. The molecule has 16 atom stereocenters. The first-order valence-electron chi connectivity index (χ1n) is 36.3. The maximum atomic E-state index is 14.1. The molecule has 3 rings (SSSR count). The van der Waals surface area contributed by atoms with Crippen LogP contribution < -0.4 is 102 Å². The van der Waals surface area contributed by atoms with E-state index in [1.165, 1.54) is 31.2 Å². The Balaban J connectivity index is 1.64. The molecule has 0 radical (unpaired) electrons. The first-order chi connectivity index (χ1) is 56.2. The Morgan fingerprint density at radius 2 is 0.782 bits per heavy atom. The van der Waals surface area contributed by atoms with Gasteiger partial charge in [0.15, 0.2) is 0 Å². The predicted octanol–water partition coefficient (Wildman–Crippen LogP) is -14.7. The molecule has 1 aromatic carbocycles. The topological polar surface area (TPSA) is 737 Å². The molecule has 0 spiro atoms. The number of aliphatic hydroxyl groups is 3. The van der Waals surface area contributed by atoms with Crippen LogP contribution in [0.3, 0.4) is 0 Å². The zero-order valence-corrected chi connectivity index (χ0v) is 69.4. The SMILES string of the molecule is C[C@H](NC(=O)[C@@H]1CCCN1C(=O)[C@H](CC(N)=O)NC(=O)[C@H](CS)NC(=O)[C@H](CS)NC(=O)[C@H](CS)NC(=O)CN)C(=O)N[C@@H](CS)C(=O)NCC(=O)N1CCC[C@H]1C(=O)N[C@@H](CC(N)=O)C(=O)N[C@@H](Cc1ccc(O)cc1)C(=O)NCC(=O)N[C@@H](CS)C(=O)NCC(=O)N[C@H](C(=O)N[C@@H](CO)C(=O)N[C@@H](CS)C(=O)N[C@@H](CO)C(=O)O)[C@@H](C)O. The van der Waals surface area contributed by atoms with Crippen molar-refractivity contribution in [2.75, 3.05) is 87.0 Å². The number of likely N-dealkylation sites (tertiary alicyclic amines) is 2. The van der Waals surface area contributed by atoms with Gasteiger partial charge in [0, 0.05) is 54.0 Å². The number of carbonyl (C=O) groups is 21. The normalized spacial score (nSPS) is 17.0. The Morgan fingerprint density at radius 1 is 0.420 bits per heavy atom. The van der Waals surface area contributed by atoms with Crippen molar-refractivity contribution in [1.29, 1.82) is 0 Å². The molecule has 0 saturated carbocycles. The average Bonchev–Trinajstić information content (AvgIpc) is 1.73. The highest BCUT2D eigenvalue weighted by atomic mass is 32.1. The fourth-order valence-corrected chi connectivity index (χ4v) is 12.7. The Labute approximate surface area is 712 Å². The third-order valence-electron chi connectivity index (χ3n) is 17.6. The van der Waals surface area contributed by atoms with Crippen LogP contribution in [0.4, 0.5) is 0 Å². The molecule has 0 aromatic heterocycles. The lowest BCUT2D eigenvalue weighted by atomic mass is 10.0. The minimum Gasteiger partial charge on any atom is -0.508 e. The quantitative estimate of drug-likeness (QED) is 0.0269. The first-order valence-corrected chi connectivity index (χ1v) is 40.1. The average molecular weight is 1800 g/mol. The van der Waals surface area contributed by atoms with E-state index in [9.17, 15) is 121 Å². The van der Waals surface area contributed by atoms with Gasteiger partial charge in [-0.2, -0.15) is 75.8 Å². The Hall–Kier alpha value is -10.2. The largest absolute Gasteiger partial charge is 0.508 e. The monoisotopic (exact) mass is 1800 g/mol. The summed E-state index contributed by atoms with van der Waals surface area (Å²) in [6.45, 7) is -3.07. The van der Waals surface area contributed by atoms with Gasteiger partial charge in [0.25, 0.3) is 0 Å². The molecule has 2 aliphatic heterocycles. The van der Waals surface area contributed by atoms with Crippen molar-refractivity contribution in [3.05, 3.63) is 29.8 Å². The van der Waals surface area contributed by atoms with Crippen LogP contribution in [0, 0.1) is 0 Å². The molecular weight excluding hydrogens is 1700 g/mol. The molecule has 53 heteroatoms. The van der Waals surface area contributed by atoms with Crippen LogP contribution in [-0.4, -0.2) is 343 Å². The van der Waals surface area contributed by atoms with Crippen molar-refractivity contribution >= 4 is 200 Å². The van der Waals surface area contributed by atoms with Gasteiger partial charge in [0.05, 0.1) is 58.3 Å². The van der Waals surface area contributed by atoms with Gasteiger partial charge in [-0.3, -0.25) is 95.9 Å². The van der Waals surface area contributed by atoms with E-state index in [-0.39, 0.29) is 74.0 Å². The van der Waals surface area contributed by atoms with Crippen molar-refractivity contribution < 1.29 is 126 Å². The third kappa shape index (κ3) is 33.9. The van der Waals surface area contributed by atoms with Crippen LogP contribution >= 0.6 is 75.8 Å². The summed E-state index contributed by atoms with van der Waals surface area (Å²) in [7, 11) is 0. The number of aliphatic hydroxyl groups excluding tert-OH is 3. The maximum Gasteiger partial charge on any atom is 0.328 e. The summed E-state index contributed by atoms with van der Waals surface area (Å²) >= 11 is 24.4. The number of rotatable bonds is 50. The molecule has 0 bridgehead atoms. The molecule has 0 unspecified atom stereocenters. The molecule has 662 valence electrons. The summed E-state index contributed by atoms with van der Waals surface area (Å²) in [5.74, 6) is -24.4. The van der Waals surface area contributed by atoms with E-state index in [0.29, 0.717) is 5.56 Å². The third-order valence-corrected chi connectivity index (χ3v) is 19.8. The molecule has 0 aliphatic carbocycles. The number of aliphatic carboxylic acids is 1. The highest BCUT2D eigenvalue weighted by Crippen LogP contribution is 2.21. The summed E-state index contributed by atoms with van der Waals surface area (Å²) < 4.78 is 0. The number of nitrogens with two attached hydrogens (primary N) is 3. The van der Waals surface area contributed by atoms with E-state index < -0.39 is 285 Å². The molecule has 47 nitrogen and oxygen atoms in total. The number of hydrogen-bond acceptors (Lipinski definition) is 32. The fraction of sp³-hybridized carbons (Fsp3) is 0.591. The molecule has 2 heterocycles. The van der Waals surface area contributed by atoms with Gasteiger partial charge >= 0.3 is 5.97 Å². The number of amides is 20. The van der Waals surface area contributed by atoms with Crippen LogP contribution in [-0.2, 0) is 107 Å². The number of hydrogen-bond donors (Lipinski definition) is 30. The number of nitrogens with zero attached hydrogens (tertiary/aromatic N) is 2. The van der Waals surface area contributed by atoms with E-state index in [1.54, 1.807) is 0 Å². The van der Waals surface area contributed by atoms with Crippen molar-refractivity contribution in [2.45, 2.75) is 156 Å². The number of aromatic hydroxyl groups is 1. The van der Waals surface area contributed by atoms with Gasteiger partial charge in [0.1, 0.15) is 96.4 Å². The van der Waals surface area contributed by atoms with Gasteiger partial charge in [-0.05, 0) is 57.2 Å². The zero-order chi connectivity index (χ0) is 89.7. The lowest BCUT2D eigenvalue weighted by molar-refractivity contribution is -0.143. The second-order valence-corrected chi connectivity index (χ2v) is 28.8. The van der Waals surface area contributed by atoms with E-state index in [4.69, 9.17) is 22.3 Å². The fourth-order valence-electron chi connectivity index (χ4n) is 11.2. The molecule has 1 aromatic rings. The van der Waals surface area contributed by atoms with E-state index >= 15 is 0 Å². The minimum absolute atomic E-state index is 0.0191. The number of carboxylic acid groups (broad SMARTS) is 1. The number of carboxylic acids is 1. The van der Waals surface area contributed by atoms with Crippen molar-refractivity contribution in [2.24, 2.45) is 17.2 Å². The highest BCUT2D eigenvalue weighted by molar-refractivity contribution is 7.81. The van der Waals surface area contributed by atoms with Gasteiger partial charge in [-0.15, -0.1) is 0 Å². The molecule has 27 N–H and O–H groups in total.